The fraction of sp³-hybridized carbons (Fsp3) is 0.176. The van der Waals surface area contributed by atoms with Crippen molar-refractivity contribution in [2.24, 2.45) is 0 Å². The van der Waals surface area contributed by atoms with Crippen molar-refractivity contribution >= 4 is 23.1 Å². The van der Waals surface area contributed by atoms with Crippen LogP contribution in [0, 0.1) is 6.92 Å². The number of nitrogens with one attached hydrogen (secondary N) is 2. The zero-order valence-electron chi connectivity index (χ0n) is 12.1. The molecule has 0 radical (unpaired) electrons. The number of carbonyl (C=O) groups excluding carboxylic acids is 2. The number of amides is 1. The van der Waals surface area contributed by atoms with Crippen LogP contribution in [0.25, 0.3) is 0 Å². The Hall–Kier alpha value is -2.62. The minimum absolute atomic E-state index is 0.232. The molecule has 0 bridgehead atoms. The van der Waals surface area contributed by atoms with Gasteiger partial charge in [0.25, 0.3) is 5.91 Å². The summed E-state index contributed by atoms with van der Waals surface area (Å²) in [7, 11) is 0. The first-order valence-electron chi connectivity index (χ1n) is 6.76. The Kier molecular flexibility index (Phi) is 4.72. The standard InChI is InChI=1S/C17H18N2O2/c1-12-8-10-15(11-9-12)18-16(13(2)20)17(21)19-14-6-4-3-5-7-14/h3-11,16,18H,1-2H3,(H,19,21). The zero-order valence-corrected chi connectivity index (χ0v) is 12.1. The van der Waals surface area contributed by atoms with Gasteiger partial charge in [0.15, 0.2) is 11.8 Å². The van der Waals surface area contributed by atoms with Crippen molar-refractivity contribution in [3.8, 4) is 0 Å². The van der Waals surface area contributed by atoms with E-state index in [-0.39, 0.29) is 11.7 Å². The van der Waals surface area contributed by atoms with Crippen LogP contribution in [0.3, 0.4) is 0 Å². The molecular formula is C17H18N2O2. The van der Waals surface area contributed by atoms with E-state index in [0.717, 1.165) is 11.3 Å². The Labute approximate surface area is 124 Å². The van der Waals surface area contributed by atoms with E-state index in [1.54, 1.807) is 12.1 Å². The van der Waals surface area contributed by atoms with Crippen molar-refractivity contribution in [1.29, 1.82) is 0 Å². The predicted molar refractivity (Wildman–Crippen MR) is 84.3 cm³/mol. The van der Waals surface area contributed by atoms with Crippen LogP contribution < -0.4 is 10.6 Å². The van der Waals surface area contributed by atoms with Crippen LogP contribution in [-0.2, 0) is 9.59 Å². The third kappa shape index (κ3) is 4.18. The first-order valence-corrected chi connectivity index (χ1v) is 6.76. The van der Waals surface area contributed by atoms with E-state index in [1.165, 1.54) is 6.92 Å². The summed E-state index contributed by atoms with van der Waals surface area (Å²) >= 11 is 0. The smallest absolute Gasteiger partial charge is 0.254 e. The minimum Gasteiger partial charge on any atom is -0.368 e. The van der Waals surface area contributed by atoms with Gasteiger partial charge in [0.2, 0.25) is 0 Å². The van der Waals surface area contributed by atoms with Crippen molar-refractivity contribution in [2.75, 3.05) is 10.6 Å². The van der Waals surface area contributed by atoms with Crippen LogP contribution in [0.2, 0.25) is 0 Å². The summed E-state index contributed by atoms with van der Waals surface area (Å²) in [6.45, 7) is 3.38. The van der Waals surface area contributed by atoms with Gasteiger partial charge in [-0.1, -0.05) is 35.9 Å². The Morgan fingerprint density at radius 2 is 1.52 bits per heavy atom. The van der Waals surface area contributed by atoms with Crippen molar-refractivity contribution in [3.05, 3.63) is 60.2 Å². The Morgan fingerprint density at radius 1 is 0.905 bits per heavy atom. The molecule has 0 aromatic heterocycles. The molecule has 1 amide bonds. The number of rotatable bonds is 5. The van der Waals surface area contributed by atoms with Gasteiger partial charge in [0.05, 0.1) is 0 Å². The molecule has 0 saturated carbocycles. The lowest BCUT2D eigenvalue weighted by Gasteiger charge is -2.17. The molecule has 21 heavy (non-hydrogen) atoms. The van der Waals surface area contributed by atoms with Gasteiger partial charge in [-0.25, -0.2) is 0 Å². The average Bonchev–Trinajstić information content (AvgIpc) is 2.47. The van der Waals surface area contributed by atoms with Crippen molar-refractivity contribution in [2.45, 2.75) is 19.9 Å². The molecular weight excluding hydrogens is 264 g/mol. The number of anilines is 2. The summed E-state index contributed by atoms with van der Waals surface area (Å²) in [5, 5.41) is 5.70. The Bertz CT molecular complexity index is 621. The summed E-state index contributed by atoms with van der Waals surface area (Å²) in [5.41, 5.74) is 2.53. The molecule has 2 rings (SSSR count). The summed E-state index contributed by atoms with van der Waals surface area (Å²) < 4.78 is 0. The first-order chi connectivity index (χ1) is 10.1. The molecule has 4 nitrogen and oxygen atoms in total. The summed E-state index contributed by atoms with van der Waals surface area (Å²) in [5.74, 6) is -0.599. The fourth-order valence-electron chi connectivity index (χ4n) is 1.90. The number of ketones is 1. The van der Waals surface area contributed by atoms with Crippen molar-refractivity contribution in [3.63, 3.8) is 0 Å². The van der Waals surface area contributed by atoms with Gasteiger partial charge in [-0.05, 0) is 38.1 Å². The molecule has 0 heterocycles. The Balaban J connectivity index is 2.09. The number of hydrogen-bond acceptors (Lipinski definition) is 3. The molecule has 0 aliphatic carbocycles. The zero-order chi connectivity index (χ0) is 15.2. The van der Waals surface area contributed by atoms with Crippen LogP contribution in [0.15, 0.2) is 54.6 Å². The minimum atomic E-state index is -0.909. The second kappa shape index (κ2) is 6.70. The van der Waals surface area contributed by atoms with E-state index in [9.17, 15) is 9.59 Å². The van der Waals surface area contributed by atoms with Gasteiger partial charge in [-0.2, -0.15) is 0 Å². The van der Waals surface area contributed by atoms with Gasteiger partial charge >= 0.3 is 0 Å². The molecule has 0 saturated heterocycles. The highest BCUT2D eigenvalue weighted by Crippen LogP contribution is 2.12. The lowest BCUT2D eigenvalue weighted by molar-refractivity contribution is -0.125. The maximum Gasteiger partial charge on any atom is 0.254 e. The number of Topliss-reactive ketones (excluding diaryl/α,β-unsaturated/α-hetero) is 1. The number of para-hydroxylation sites is 1. The number of aryl methyl sites for hydroxylation is 1. The summed E-state index contributed by atoms with van der Waals surface area (Å²) in [6.07, 6.45) is 0. The average molecular weight is 282 g/mol. The summed E-state index contributed by atoms with van der Waals surface area (Å²) in [4.78, 5) is 24.0. The van der Waals surface area contributed by atoms with Crippen molar-refractivity contribution < 1.29 is 9.59 Å². The van der Waals surface area contributed by atoms with Crippen LogP contribution in [-0.4, -0.2) is 17.7 Å². The van der Waals surface area contributed by atoms with E-state index in [0.29, 0.717) is 5.69 Å². The third-order valence-corrected chi connectivity index (χ3v) is 3.07. The molecule has 2 aromatic carbocycles. The van der Waals surface area contributed by atoms with E-state index < -0.39 is 6.04 Å². The van der Waals surface area contributed by atoms with Gasteiger partial charge < -0.3 is 10.6 Å². The van der Waals surface area contributed by atoms with E-state index in [4.69, 9.17) is 0 Å². The maximum absolute atomic E-state index is 12.2. The quantitative estimate of drug-likeness (QED) is 0.829. The maximum atomic E-state index is 12.2. The molecule has 2 aromatic rings. The van der Waals surface area contributed by atoms with Crippen LogP contribution in [0.4, 0.5) is 11.4 Å². The van der Waals surface area contributed by atoms with Gasteiger partial charge in [0.1, 0.15) is 0 Å². The van der Waals surface area contributed by atoms with Crippen molar-refractivity contribution in [1.82, 2.24) is 0 Å². The number of benzene rings is 2. The molecule has 2 N–H and O–H groups in total. The molecule has 0 spiro atoms. The second-order valence-corrected chi connectivity index (χ2v) is 4.91. The molecule has 1 unspecified atom stereocenters. The topological polar surface area (TPSA) is 58.2 Å². The van der Waals surface area contributed by atoms with Gasteiger partial charge in [-0.15, -0.1) is 0 Å². The lowest BCUT2D eigenvalue weighted by atomic mass is 10.1. The first kappa shape index (κ1) is 14.8. The van der Waals surface area contributed by atoms with Crippen LogP contribution >= 0.6 is 0 Å². The fourth-order valence-corrected chi connectivity index (χ4v) is 1.90. The highest BCUT2D eigenvalue weighted by Gasteiger charge is 2.23. The normalized spacial score (nSPS) is 11.5. The molecule has 0 fully saturated rings. The highest BCUT2D eigenvalue weighted by molar-refractivity contribution is 6.12. The SMILES string of the molecule is CC(=O)C(Nc1ccc(C)cc1)C(=O)Nc1ccccc1. The largest absolute Gasteiger partial charge is 0.368 e. The monoisotopic (exact) mass is 282 g/mol. The molecule has 108 valence electrons. The molecule has 0 aliphatic rings. The summed E-state index contributed by atoms with van der Waals surface area (Å²) in [6, 6.07) is 15.7. The molecule has 4 heteroatoms. The predicted octanol–water partition coefficient (Wildman–Crippen LogP) is 3.00. The molecule has 0 aliphatic heterocycles. The van der Waals surface area contributed by atoms with Crippen LogP contribution in [0.1, 0.15) is 12.5 Å². The van der Waals surface area contributed by atoms with E-state index in [1.807, 2.05) is 49.4 Å². The highest BCUT2D eigenvalue weighted by atomic mass is 16.2. The number of hydrogen-bond donors (Lipinski definition) is 2. The van der Waals surface area contributed by atoms with E-state index in [2.05, 4.69) is 10.6 Å². The van der Waals surface area contributed by atoms with Crippen LogP contribution in [0.5, 0.6) is 0 Å². The van der Waals surface area contributed by atoms with Gasteiger partial charge in [0, 0.05) is 11.4 Å². The van der Waals surface area contributed by atoms with Gasteiger partial charge in [-0.3, -0.25) is 9.59 Å². The number of carbonyl (C=O) groups is 2. The van der Waals surface area contributed by atoms with E-state index >= 15 is 0 Å². The lowest BCUT2D eigenvalue weighted by Crippen LogP contribution is -2.40. The molecule has 1 atom stereocenters. The Morgan fingerprint density at radius 3 is 2.10 bits per heavy atom. The third-order valence-electron chi connectivity index (χ3n) is 3.07. The second-order valence-electron chi connectivity index (χ2n) is 4.91.